The van der Waals surface area contributed by atoms with Crippen molar-refractivity contribution in [2.24, 2.45) is 0 Å². The minimum Gasteiger partial charge on any atom is -0.391 e. The van der Waals surface area contributed by atoms with Crippen LogP contribution in [0.2, 0.25) is 0 Å². The number of hydrogen-bond acceptors (Lipinski definition) is 5. The fourth-order valence-electron chi connectivity index (χ4n) is 2.71. The molecule has 0 radical (unpaired) electrons. The molecule has 1 fully saturated rings. The Labute approximate surface area is 115 Å². The van der Waals surface area contributed by atoms with Gasteiger partial charge in [-0.2, -0.15) is 0 Å². The molecule has 3 rings (SSSR count). The van der Waals surface area contributed by atoms with Crippen LogP contribution in [0.1, 0.15) is 12.1 Å². The molecule has 1 aliphatic rings. The topological polar surface area (TPSA) is 79.5 Å². The van der Waals surface area contributed by atoms with Gasteiger partial charge in [-0.25, -0.2) is 4.98 Å². The van der Waals surface area contributed by atoms with Crippen molar-refractivity contribution in [3.63, 3.8) is 0 Å². The number of nitro benzene ring substituents is 1. The van der Waals surface area contributed by atoms with E-state index in [0.717, 1.165) is 29.7 Å². The summed E-state index contributed by atoms with van der Waals surface area (Å²) < 4.78 is 0. The number of aliphatic hydroxyl groups excluding tert-OH is 1. The normalized spacial score (nSPS) is 18.7. The molecule has 20 heavy (non-hydrogen) atoms. The van der Waals surface area contributed by atoms with Crippen molar-refractivity contribution in [3.05, 3.63) is 40.1 Å². The van der Waals surface area contributed by atoms with Crippen LogP contribution < -0.4 is 4.90 Å². The summed E-state index contributed by atoms with van der Waals surface area (Å²) in [6.45, 7) is 3.13. The van der Waals surface area contributed by atoms with Crippen molar-refractivity contribution in [3.8, 4) is 0 Å². The molecule has 0 saturated carbocycles. The number of pyridine rings is 1. The van der Waals surface area contributed by atoms with Gasteiger partial charge in [0.15, 0.2) is 5.52 Å². The molecule has 0 spiro atoms. The minimum absolute atomic E-state index is 0.0206. The summed E-state index contributed by atoms with van der Waals surface area (Å²) in [5, 5.41) is 21.6. The molecule has 2 aromatic rings. The van der Waals surface area contributed by atoms with Crippen molar-refractivity contribution in [2.45, 2.75) is 19.4 Å². The monoisotopic (exact) mass is 273 g/mol. The van der Waals surface area contributed by atoms with Crippen LogP contribution in [0.25, 0.3) is 10.9 Å². The van der Waals surface area contributed by atoms with Crippen LogP contribution in [0.4, 0.5) is 11.4 Å². The van der Waals surface area contributed by atoms with E-state index in [2.05, 4.69) is 9.88 Å². The highest BCUT2D eigenvalue weighted by Gasteiger charge is 2.24. The molecule has 104 valence electrons. The van der Waals surface area contributed by atoms with Gasteiger partial charge < -0.3 is 10.0 Å². The van der Waals surface area contributed by atoms with E-state index in [1.165, 1.54) is 6.07 Å². The van der Waals surface area contributed by atoms with Crippen LogP contribution >= 0.6 is 0 Å². The lowest BCUT2D eigenvalue weighted by atomic mass is 10.1. The molecule has 0 bridgehead atoms. The lowest BCUT2D eigenvalue weighted by Crippen LogP contribution is -2.21. The van der Waals surface area contributed by atoms with E-state index in [1.807, 2.05) is 19.1 Å². The average Bonchev–Trinajstić information content (AvgIpc) is 2.83. The van der Waals surface area contributed by atoms with E-state index in [9.17, 15) is 15.2 Å². The zero-order valence-electron chi connectivity index (χ0n) is 11.1. The predicted octanol–water partition coefficient (Wildman–Crippen LogP) is 2.02. The maximum absolute atomic E-state index is 11.1. The molecule has 0 aliphatic carbocycles. The summed E-state index contributed by atoms with van der Waals surface area (Å²) in [7, 11) is 0. The molecule has 6 nitrogen and oxygen atoms in total. The molecule has 1 aromatic heterocycles. The van der Waals surface area contributed by atoms with Crippen LogP contribution in [-0.4, -0.2) is 34.2 Å². The van der Waals surface area contributed by atoms with Gasteiger partial charge in [0.1, 0.15) is 0 Å². The van der Waals surface area contributed by atoms with Gasteiger partial charge in [0, 0.05) is 35.9 Å². The van der Waals surface area contributed by atoms with Crippen LogP contribution in [0.15, 0.2) is 24.3 Å². The average molecular weight is 273 g/mol. The Bertz CT molecular complexity index is 687. The van der Waals surface area contributed by atoms with Crippen molar-refractivity contribution in [1.29, 1.82) is 0 Å². The number of aliphatic hydroxyl groups is 1. The lowest BCUT2D eigenvalue weighted by Gasteiger charge is -2.20. The smallest absolute Gasteiger partial charge is 0.295 e. The van der Waals surface area contributed by atoms with Crippen molar-refractivity contribution >= 4 is 22.3 Å². The maximum atomic E-state index is 11.1. The highest BCUT2D eigenvalue weighted by Crippen LogP contribution is 2.33. The second-order valence-electron chi connectivity index (χ2n) is 5.10. The summed E-state index contributed by atoms with van der Waals surface area (Å²) in [6.07, 6.45) is 0.384. The van der Waals surface area contributed by atoms with E-state index < -0.39 is 4.92 Å². The Morgan fingerprint density at radius 2 is 2.30 bits per heavy atom. The van der Waals surface area contributed by atoms with Gasteiger partial charge in [0.2, 0.25) is 0 Å². The molecule has 1 aromatic carbocycles. The molecule has 1 saturated heterocycles. The fraction of sp³-hybridized carbons (Fsp3) is 0.357. The summed E-state index contributed by atoms with van der Waals surface area (Å²) in [5.74, 6) is 0. The molecule has 0 amide bonds. The summed E-state index contributed by atoms with van der Waals surface area (Å²) >= 11 is 0. The first kappa shape index (κ1) is 12.8. The molecule has 2 heterocycles. The van der Waals surface area contributed by atoms with Gasteiger partial charge in [0.05, 0.1) is 11.0 Å². The Kier molecular flexibility index (Phi) is 3.02. The SMILES string of the molecule is Cc1cc(N2CC[C@H](O)C2)c2cccc([N+](=O)[O-])c2n1. The first-order valence-electron chi connectivity index (χ1n) is 6.54. The maximum Gasteiger partial charge on any atom is 0.295 e. The Balaban J connectivity index is 2.22. The summed E-state index contributed by atoms with van der Waals surface area (Å²) in [5.41, 5.74) is 2.08. The molecule has 6 heteroatoms. The van der Waals surface area contributed by atoms with Gasteiger partial charge in [-0.1, -0.05) is 12.1 Å². The number of hydrogen-bond donors (Lipinski definition) is 1. The third-order valence-corrected chi connectivity index (χ3v) is 3.63. The Morgan fingerprint density at radius 1 is 1.50 bits per heavy atom. The van der Waals surface area contributed by atoms with Crippen molar-refractivity contribution in [2.75, 3.05) is 18.0 Å². The number of non-ortho nitro benzene ring substituents is 1. The second-order valence-corrected chi connectivity index (χ2v) is 5.10. The highest BCUT2D eigenvalue weighted by molar-refractivity contribution is 5.97. The van der Waals surface area contributed by atoms with E-state index in [-0.39, 0.29) is 11.8 Å². The number of aromatic nitrogens is 1. The van der Waals surface area contributed by atoms with E-state index >= 15 is 0 Å². The molecule has 1 atom stereocenters. The van der Waals surface area contributed by atoms with E-state index in [1.54, 1.807) is 6.07 Å². The van der Waals surface area contributed by atoms with E-state index in [0.29, 0.717) is 12.1 Å². The predicted molar refractivity (Wildman–Crippen MR) is 76.0 cm³/mol. The number of β-amino-alcohol motifs (C(OH)–C–C–N with tert-alkyl or cyclic N) is 1. The third kappa shape index (κ3) is 2.08. The number of anilines is 1. The number of nitrogens with zero attached hydrogens (tertiary/aromatic N) is 3. The molecule has 1 N–H and O–H groups in total. The number of nitro groups is 1. The van der Waals surface area contributed by atoms with Crippen molar-refractivity contribution < 1.29 is 10.0 Å². The van der Waals surface area contributed by atoms with Gasteiger partial charge in [-0.05, 0) is 19.4 Å². The number of benzene rings is 1. The Morgan fingerprint density at radius 3 is 2.95 bits per heavy atom. The van der Waals surface area contributed by atoms with Gasteiger partial charge in [0.25, 0.3) is 5.69 Å². The largest absolute Gasteiger partial charge is 0.391 e. The first-order chi connectivity index (χ1) is 9.56. The fourth-order valence-corrected chi connectivity index (χ4v) is 2.71. The van der Waals surface area contributed by atoms with Gasteiger partial charge in [-0.15, -0.1) is 0 Å². The first-order valence-corrected chi connectivity index (χ1v) is 6.54. The lowest BCUT2D eigenvalue weighted by molar-refractivity contribution is -0.383. The number of fused-ring (bicyclic) bond motifs is 1. The second kappa shape index (κ2) is 4.72. The number of aryl methyl sites for hydroxylation is 1. The van der Waals surface area contributed by atoms with Crippen LogP contribution in [-0.2, 0) is 0 Å². The molecular weight excluding hydrogens is 258 g/mol. The van der Waals surface area contributed by atoms with Gasteiger partial charge >= 0.3 is 0 Å². The Hall–Kier alpha value is -2.21. The van der Waals surface area contributed by atoms with Gasteiger partial charge in [-0.3, -0.25) is 10.1 Å². The molecule has 1 aliphatic heterocycles. The molecular formula is C14H15N3O3. The number of para-hydroxylation sites is 1. The van der Waals surface area contributed by atoms with Crippen LogP contribution in [0.5, 0.6) is 0 Å². The third-order valence-electron chi connectivity index (χ3n) is 3.63. The van der Waals surface area contributed by atoms with Crippen molar-refractivity contribution in [1.82, 2.24) is 4.98 Å². The standard InChI is InChI=1S/C14H15N3O3/c1-9-7-13(16-6-5-10(18)8-16)11-3-2-4-12(17(19)20)14(11)15-9/h2-4,7,10,18H,5-6,8H2,1H3/t10-/m0/s1. The minimum atomic E-state index is -0.405. The number of rotatable bonds is 2. The van der Waals surface area contributed by atoms with Crippen LogP contribution in [0.3, 0.4) is 0 Å². The van der Waals surface area contributed by atoms with Crippen LogP contribution in [0, 0.1) is 17.0 Å². The summed E-state index contributed by atoms with van der Waals surface area (Å²) in [6, 6.07) is 6.91. The summed E-state index contributed by atoms with van der Waals surface area (Å²) in [4.78, 5) is 17.1. The zero-order valence-corrected chi connectivity index (χ0v) is 11.1. The highest BCUT2D eigenvalue weighted by atomic mass is 16.6. The zero-order chi connectivity index (χ0) is 14.3. The van der Waals surface area contributed by atoms with E-state index in [4.69, 9.17) is 0 Å². The quantitative estimate of drug-likeness (QED) is 0.669. The molecule has 0 unspecified atom stereocenters.